The molecule has 1 aromatic heterocycles. The Kier molecular flexibility index (Phi) is 6.26. The molecule has 0 bridgehead atoms. The fourth-order valence-corrected chi connectivity index (χ4v) is 6.18. The second-order valence-electron chi connectivity index (χ2n) is 5.32. The Morgan fingerprint density at radius 2 is 1.88 bits per heavy atom. The predicted octanol–water partition coefficient (Wildman–Crippen LogP) is 5.49. The third kappa shape index (κ3) is 4.56. The molecule has 0 saturated carbocycles. The van der Waals surface area contributed by atoms with Gasteiger partial charge in [0.05, 0.1) is 0 Å². The monoisotopic (exact) mass is 444 g/mol. The molecule has 1 atom stereocenters. The fourth-order valence-electron chi connectivity index (χ4n) is 2.40. The number of aromatic nitrogens is 2. The van der Waals surface area contributed by atoms with Crippen LogP contribution in [0.5, 0.6) is 0 Å². The first kappa shape index (κ1) is 17.8. The quantitative estimate of drug-likeness (QED) is 0.460. The van der Waals surface area contributed by atoms with Gasteiger partial charge in [-0.05, 0) is 0 Å². The number of halogens is 3. The first-order valence-corrected chi connectivity index (χ1v) is 10.7. The molecule has 24 heavy (non-hydrogen) atoms. The summed E-state index contributed by atoms with van der Waals surface area (Å²) in [5.74, 6) is 0. The molecule has 0 radical (unpaired) electrons. The SMILES string of the molecule is Clc1ccc(C(Cn2ccnc2)[Se]Cc2ccccc2Cl)c(Cl)c1. The van der Waals surface area contributed by atoms with E-state index in [9.17, 15) is 0 Å². The summed E-state index contributed by atoms with van der Waals surface area (Å²) in [7, 11) is 0. The first-order chi connectivity index (χ1) is 11.6. The molecule has 0 fully saturated rings. The van der Waals surface area contributed by atoms with Crippen molar-refractivity contribution in [2.75, 3.05) is 0 Å². The van der Waals surface area contributed by atoms with Crippen molar-refractivity contribution >= 4 is 49.8 Å². The molecule has 0 aliphatic carbocycles. The van der Waals surface area contributed by atoms with Gasteiger partial charge in [0.2, 0.25) is 0 Å². The Morgan fingerprint density at radius 3 is 2.58 bits per heavy atom. The van der Waals surface area contributed by atoms with Gasteiger partial charge in [0.15, 0.2) is 0 Å². The zero-order valence-electron chi connectivity index (χ0n) is 12.7. The van der Waals surface area contributed by atoms with Crippen LogP contribution in [0.25, 0.3) is 0 Å². The van der Waals surface area contributed by atoms with Gasteiger partial charge in [-0.3, -0.25) is 0 Å². The van der Waals surface area contributed by atoms with E-state index < -0.39 is 0 Å². The second-order valence-corrected chi connectivity index (χ2v) is 9.07. The average molecular weight is 445 g/mol. The van der Waals surface area contributed by atoms with Crippen LogP contribution in [0.2, 0.25) is 15.1 Å². The van der Waals surface area contributed by atoms with Crippen LogP contribution < -0.4 is 0 Å². The Hall–Kier alpha value is -0.961. The summed E-state index contributed by atoms with van der Waals surface area (Å²) in [5.41, 5.74) is 2.31. The van der Waals surface area contributed by atoms with Gasteiger partial charge in [-0.2, -0.15) is 0 Å². The summed E-state index contributed by atoms with van der Waals surface area (Å²) in [5, 5.41) is 3.14. The van der Waals surface area contributed by atoms with Crippen molar-refractivity contribution in [2.45, 2.75) is 16.7 Å². The van der Waals surface area contributed by atoms with Gasteiger partial charge in [0.1, 0.15) is 0 Å². The van der Waals surface area contributed by atoms with Crippen molar-refractivity contribution in [3.05, 3.63) is 87.4 Å². The third-order valence-corrected chi connectivity index (χ3v) is 7.27. The molecular weight excluding hydrogens is 430 g/mol. The number of nitrogens with zero attached hydrogens (tertiary/aromatic N) is 2. The van der Waals surface area contributed by atoms with Crippen LogP contribution in [0.4, 0.5) is 0 Å². The van der Waals surface area contributed by atoms with Gasteiger partial charge in [-0.15, -0.1) is 0 Å². The normalized spacial score (nSPS) is 12.3. The molecular formula is C18H15Cl3N2Se. The van der Waals surface area contributed by atoms with Crippen LogP contribution in [-0.2, 0) is 11.9 Å². The Balaban J connectivity index is 1.83. The summed E-state index contributed by atoms with van der Waals surface area (Å²) < 4.78 is 2.09. The molecule has 1 unspecified atom stereocenters. The minimum atomic E-state index is 0.284. The number of hydrogen-bond donors (Lipinski definition) is 0. The molecule has 0 aliphatic rings. The van der Waals surface area contributed by atoms with Crippen LogP contribution in [0.15, 0.2) is 61.2 Å². The van der Waals surface area contributed by atoms with E-state index in [1.807, 2.05) is 48.9 Å². The molecule has 2 nitrogen and oxygen atoms in total. The maximum absolute atomic E-state index is 6.45. The Labute approximate surface area is 162 Å². The van der Waals surface area contributed by atoms with E-state index in [1.165, 1.54) is 5.56 Å². The molecule has 0 spiro atoms. The van der Waals surface area contributed by atoms with Crippen molar-refractivity contribution in [1.29, 1.82) is 0 Å². The van der Waals surface area contributed by atoms with Crippen molar-refractivity contribution in [3.8, 4) is 0 Å². The molecule has 0 N–H and O–H groups in total. The first-order valence-electron chi connectivity index (χ1n) is 7.39. The number of hydrogen-bond acceptors (Lipinski definition) is 1. The topological polar surface area (TPSA) is 17.8 Å². The van der Waals surface area contributed by atoms with Gasteiger partial charge >= 0.3 is 163 Å². The van der Waals surface area contributed by atoms with Crippen molar-refractivity contribution in [1.82, 2.24) is 9.55 Å². The van der Waals surface area contributed by atoms with Crippen LogP contribution in [0, 0.1) is 0 Å². The summed E-state index contributed by atoms with van der Waals surface area (Å²) in [6.45, 7) is 0.839. The zero-order valence-corrected chi connectivity index (χ0v) is 16.7. The number of rotatable bonds is 6. The summed E-state index contributed by atoms with van der Waals surface area (Å²) in [6.07, 6.45) is 5.60. The average Bonchev–Trinajstić information content (AvgIpc) is 3.06. The molecule has 0 amide bonds. The predicted molar refractivity (Wildman–Crippen MR) is 102 cm³/mol. The molecule has 124 valence electrons. The van der Waals surface area contributed by atoms with Gasteiger partial charge in [0, 0.05) is 0 Å². The maximum atomic E-state index is 6.45. The number of benzene rings is 2. The molecule has 3 aromatic rings. The molecule has 2 aromatic carbocycles. The van der Waals surface area contributed by atoms with Gasteiger partial charge in [0.25, 0.3) is 0 Å². The molecule has 0 aliphatic heterocycles. The molecule has 6 heteroatoms. The van der Waals surface area contributed by atoms with E-state index in [4.69, 9.17) is 34.8 Å². The zero-order chi connectivity index (χ0) is 16.9. The Morgan fingerprint density at radius 1 is 1.04 bits per heavy atom. The van der Waals surface area contributed by atoms with E-state index in [-0.39, 0.29) is 15.0 Å². The standard InChI is InChI=1S/C18H15Cl3N2Se/c19-14-5-6-15(17(21)9-14)18(10-23-8-7-22-12-23)24-11-13-3-1-2-4-16(13)20/h1-9,12,18H,10-11H2. The van der Waals surface area contributed by atoms with Crippen molar-refractivity contribution < 1.29 is 0 Å². The summed E-state index contributed by atoms with van der Waals surface area (Å²) in [4.78, 5) is 4.45. The van der Waals surface area contributed by atoms with Crippen LogP contribution in [0.1, 0.15) is 15.9 Å². The third-order valence-electron chi connectivity index (χ3n) is 3.64. The second kappa shape index (κ2) is 8.42. The van der Waals surface area contributed by atoms with Gasteiger partial charge < -0.3 is 0 Å². The van der Waals surface area contributed by atoms with Crippen molar-refractivity contribution in [3.63, 3.8) is 0 Å². The van der Waals surface area contributed by atoms with E-state index in [1.54, 1.807) is 6.20 Å². The number of imidazole rings is 1. The van der Waals surface area contributed by atoms with E-state index in [2.05, 4.69) is 15.6 Å². The molecule has 0 saturated heterocycles. The van der Waals surface area contributed by atoms with Crippen LogP contribution in [0.3, 0.4) is 0 Å². The Bertz CT molecular complexity index is 806. The van der Waals surface area contributed by atoms with E-state index in [0.717, 1.165) is 22.5 Å². The van der Waals surface area contributed by atoms with E-state index >= 15 is 0 Å². The van der Waals surface area contributed by atoms with Crippen LogP contribution in [-0.4, -0.2) is 24.5 Å². The molecule has 1 heterocycles. The van der Waals surface area contributed by atoms with Crippen LogP contribution >= 0.6 is 34.8 Å². The molecule has 3 rings (SSSR count). The van der Waals surface area contributed by atoms with Gasteiger partial charge in [-0.25, -0.2) is 0 Å². The summed E-state index contributed by atoms with van der Waals surface area (Å²) in [6, 6.07) is 13.7. The fraction of sp³-hybridized carbons (Fsp3) is 0.167. The van der Waals surface area contributed by atoms with Crippen molar-refractivity contribution in [2.24, 2.45) is 0 Å². The van der Waals surface area contributed by atoms with Gasteiger partial charge in [-0.1, -0.05) is 0 Å². The van der Waals surface area contributed by atoms with E-state index in [0.29, 0.717) is 14.9 Å². The minimum absolute atomic E-state index is 0.284. The summed E-state index contributed by atoms with van der Waals surface area (Å²) >= 11 is 19.1.